The Morgan fingerprint density at radius 2 is 1.72 bits per heavy atom. The second-order valence-electron chi connectivity index (χ2n) is 3.91. The minimum atomic E-state index is -0.838. The predicted molar refractivity (Wildman–Crippen MR) is 63.9 cm³/mol. The van der Waals surface area contributed by atoms with Gasteiger partial charge in [-0.25, -0.2) is 4.39 Å². The molecule has 0 bridgehead atoms. The van der Waals surface area contributed by atoms with Crippen LogP contribution in [0.1, 0.15) is 0 Å². The van der Waals surface area contributed by atoms with Crippen molar-refractivity contribution in [1.82, 2.24) is 5.32 Å². The number of halogens is 1. The lowest BCUT2D eigenvalue weighted by atomic mass is 10.3. The number of ether oxygens (including phenoxy) is 1. The average molecular weight is 259 g/mol. The lowest BCUT2D eigenvalue weighted by Crippen LogP contribution is -2.37. The van der Waals surface area contributed by atoms with E-state index in [1.54, 1.807) is 0 Å². The minimum Gasteiger partial charge on any atom is -0.491 e. The Bertz CT molecular complexity index is 333. The molecular formula is C12H18FNO4. The Hall–Kier alpha value is -1.21. The summed E-state index contributed by atoms with van der Waals surface area (Å²) in [5, 5.41) is 29.9. The summed E-state index contributed by atoms with van der Waals surface area (Å²) in [6, 6.07) is 5.51. The van der Waals surface area contributed by atoms with E-state index in [1.807, 2.05) is 0 Å². The molecule has 1 rings (SSSR count). The van der Waals surface area contributed by atoms with Crippen LogP contribution >= 0.6 is 0 Å². The van der Waals surface area contributed by atoms with Crippen LogP contribution in [0.25, 0.3) is 0 Å². The quantitative estimate of drug-likeness (QED) is 0.506. The van der Waals surface area contributed by atoms with Crippen molar-refractivity contribution in [2.24, 2.45) is 0 Å². The van der Waals surface area contributed by atoms with Crippen LogP contribution in [-0.2, 0) is 0 Å². The molecule has 1 aromatic rings. The molecule has 6 heteroatoms. The highest BCUT2D eigenvalue weighted by Crippen LogP contribution is 2.11. The van der Waals surface area contributed by atoms with Crippen LogP contribution in [0.3, 0.4) is 0 Å². The van der Waals surface area contributed by atoms with Crippen LogP contribution < -0.4 is 10.1 Å². The van der Waals surface area contributed by atoms with Gasteiger partial charge < -0.3 is 25.4 Å². The average Bonchev–Trinajstić information content (AvgIpc) is 2.38. The maximum absolute atomic E-state index is 12.6. The van der Waals surface area contributed by atoms with Crippen LogP contribution in [0, 0.1) is 5.82 Å². The van der Waals surface area contributed by atoms with Gasteiger partial charge in [-0.3, -0.25) is 0 Å². The first-order valence-corrected chi connectivity index (χ1v) is 5.68. The van der Waals surface area contributed by atoms with Gasteiger partial charge >= 0.3 is 0 Å². The summed E-state index contributed by atoms with van der Waals surface area (Å²) in [5.74, 6) is 0.133. The number of hydrogen-bond acceptors (Lipinski definition) is 5. The van der Waals surface area contributed by atoms with Crippen molar-refractivity contribution in [3.05, 3.63) is 30.1 Å². The van der Waals surface area contributed by atoms with Crippen LogP contribution in [-0.4, -0.2) is 53.8 Å². The van der Waals surface area contributed by atoms with E-state index < -0.39 is 12.2 Å². The van der Waals surface area contributed by atoms with E-state index in [-0.39, 0.29) is 32.1 Å². The Morgan fingerprint density at radius 3 is 2.33 bits per heavy atom. The number of nitrogens with one attached hydrogen (secondary N) is 1. The van der Waals surface area contributed by atoms with Crippen molar-refractivity contribution in [2.45, 2.75) is 12.2 Å². The maximum Gasteiger partial charge on any atom is 0.123 e. The standard InChI is InChI=1S/C12H18FNO4/c13-9-1-3-12(4-2-9)18-8-11(17)6-14-5-10(16)7-15/h1-4,10-11,14-17H,5-8H2. The maximum atomic E-state index is 12.6. The van der Waals surface area contributed by atoms with E-state index in [0.717, 1.165) is 0 Å². The summed E-state index contributed by atoms with van der Waals surface area (Å²) >= 11 is 0. The summed E-state index contributed by atoms with van der Waals surface area (Å²) in [5.41, 5.74) is 0. The summed E-state index contributed by atoms with van der Waals surface area (Å²) in [4.78, 5) is 0. The third-order valence-electron chi connectivity index (χ3n) is 2.23. The Balaban J connectivity index is 2.16. The van der Waals surface area contributed by atoms with Crippen LogP contribution in [0.5, 0.6) is 5.75 Å². The molecule has 5 nitrogen and oxygen atoms in total. The van der Waals surface area contributed by atoms with Crippen molar-refractivity contribution < 1.29 is 24.4 Å². The highest BCUT2D eigenvalue weighted by atomic mass is 19.1. The molecule has 0 radical (unpaired) electrons. The topological polar surface area (TPSA) is 82.0 Å². The molecule has 0 fully saturated rings. The van der Waals surface area contributed by atoms with Crippen molar-refractivity contribution in [1.29, 1.82) is 0 Å². The second-order valence-corrected chi connectivity index (χ2v) is 3.91. The van der Waals surface area contributed by atoms with Crippen LogP contribution in [0.15, 0.2) is 24.3 Å². The highest BCUT2D eigenvalue weighted by Gasteiger charge is 2.07. The van der Waals surface area contributed by atoms with E-state index in [1.165, 1.54) is 24.3 Å². The van der Waals surface area contributed by atoms with Gasteiger partial charge in [-0.1, -0.05) is 0 Å². The number of aliphatic hydroxyl groups excluding tert-OH is 3. The molecule has 0 heterocycles. The molecule has 18 heavy (non-hydrogen) atoms. The number of hydrogen-bond donors (Lipinski definition) is 4. The third-order valence-corrected chi connectivity index (χ3v) is 2.23. The SMILES string of the molecule is OCC(O)CNCC(O)COc1ccc(F)cc1. The molecule has 2 unspecified atom stereocenters. The number of aliphatic hydroxyl groups is 3. The lowest BCUT2D eigenvalue weighted by Gasteiger charge is -2.14. The van der Waals surface area contributed by atoms with E-state index >= 15 is 0 Å². The monoisotopic (exact) mass is 259 g/mol. The Labute approximate surface area is 105 Å². The van der Waals surface area contributed by atoms with Gasteiger partial charge in [0.1, 0.15) is 24.3 Å². The van der Waals surface area contributed by atoms with E-state index in [0.29, 0.717) is 5.75 Å². The summed E-state index contributed by atoms with van der Waals surface area (Å²) in [6.45, 7) is 0.172. The zero-order chi connectivity index (χ0) is 13.4. The molecule has 0 saturated heterocycles. The van der Waals surface area contributed by atoms with Gasteiger partial charge in [0, 0.05) is 13.1 Å². The normalized spacial score (nSPS) is 14.2. The molecule has 1 aromatic carbocycles. The van der Waals surface area contributed by atoms with Crippen LogP contribution in [0.4, 0.5) is 4.39 Å². The second kappa shape index (κ2) is 7.99. The Morgan fingerprint density at radius 1 is 1.11 bits per heavy atom. The summed E-state index contributed by atoms with van der Waals surface area (Å²) in [7, 11) is 0. The van der Waals surface area contributed by atoms with Gasteiger partial charge in [0.2, 0.25) is 0 Å². The molecule has 2 atom stereocenters. The largest absolute Gasteiger partial charge is 0.491 e. The molecule has 0 aliphatic rings. The molecule has 102 valence electrons. The number of benzene rings is 1. The first-order chi connectivity index (χ1) is 8.61. The van der Waals surface area contributed by atoms with Crippen molar-refractivity contribution >= 4 is 0 Å². The zero-order valence-corrected chi connectivity index (χ0v) is 9.92. The summed E-state index contributed by atoms with van der Waals surface area (Å²) in [6.07, 6.45) is -1.59. The molecular weight excluding hydrogens is 241 g/mol. The third kappa shape index (κ3) is 5.92. The Kier molecular flexibility index (Phi) is 6.59. The highest BCUT2D eigenvalue weighted by molar-refractivity contribution is 5.22. The molecule has 0 aliphatic carbocycles. The van der Waals surface area contributed by atoms with Crippen molar-refractivity contribution in [3.8, 4) is 5.75 Å². The lowest BCUT2D eigenvalue weighted by molar-refractivity contribution is 0.0795. The fourth-order valence-corrected chi connectivity index (χ4v) is 1.26. The van der Waals surface area contributed by atoms with Gasteiger partial charge in [0.15, 0.2) is 0 Å². The van der Waals surface area contributed by atoms with Gasteiger partial charge in [0.25, 0.3) is 0 Å². The van der Waals surface area contributed by atoms with Gasteiger partial charge in [-0.2, -0.15) is 0 Å². The zero-order valence-electron chi connectivity index (χ0n) is 9.92. The van der Waals surface area contributed by atoms with E-state index in [4.69, 9.17) is 14.9 Å². The van der Waals surface area contributed by atoms with Gasteiger partial charge in [0.05, 0.1) is 12.7 Å². The molecule has 4 N–H and O–H groups in total. The van der Waals surface area contributed by atoms with Crippen molar-refractivity contribution in [2.75, 3.05) is 26.3 Å². The first kappa shape index (κ1) is 14.8. The minimum absolute atomic E-state index is 0.0633. The van der Waals surface area contributed by atoms with Gasteiger partial charge in [-0.05, 0) is 24.3 Å². The molecule has 0 aliphatic heterocycles. The molecule has 0 amide bonds. The fraction of sp³-hybridized carbons (Fsp3) is 0.500. The van der Waals surface area contributed by atoms with E-state index in [9.17, 15) is 9.50 Å². The molecule has 0 saturated carbocycles. The van der Waals surface area contributed by atoms with Crippen LogP contribution in [0.2, 0.25) is 0 Å². The fourth-order valence-electron chi connectivity index (χ4n) is 1.26. The smallest absolute Gasteiger partial charge is 0.123 e. The predicted octanol–water partition coefficient (Wildman–Crippen LogP) is -0.492. The van der Waals surface area contributed by atoms with Gasteiger partial charge in [-0.15, -0.1) is 0 Å². The molecule has 0 aromatic heterocycles. The first-order valence-electron chi connectivity index (χ1n) is 5.68. The van der Waals surface area contributed by atoms with Crippen molar-refractivity contribution in [3.63, 3.8) is 0 Å². The molecule has 0 spiro atoms. The van der Waals surface area contributed by atoms with E-state index in [2.05, 4.69) is 5.32 Å². The summed E-state index contributed by atoms with van der Waals surface area (Å²) < 4.78 is 17.8. The number of rotatable bonds is 8.